The zero-order valence-electron chi connectivity index (χ0n) is 15.1. The molecule has 8 heteroatoms. The van der Waals surface area contributed by atoms with Gasteiger partial charge in [0.2, 0.25) is 0 Å². The van der Waals surface area contributed by atoms with Crippen LogP contribution in [0, 0.1) is 0 Å². The third-order valence-electron chi connectivity index (χ3n) is 3.90. The minimum atomic E-state index is 0.0177. The molecule has 0 aliphatic carbocycles. The second-order valence-electron chi connectivity index (χ2n) is 5.54. The fourth-order valence-corrected chi connectivity index (χ4v) is 2.47. The Kier molecular flexibility index (Phi) is 6.18. The van der Waals surface area contributed by atoms with E-state index in [0.29, 0.717) is 28.5 Å². The maximum atomic E-state index is 8.72. The number of anilines is 2. The van der Waals surface area contributed by atoms with Gasteiger partial charge in [0.05, 0.1) is 17.1 Å². The molecule has 0 atom stereocenters. The molecule has 0 bridgehead atoms. The Bertz CT molecular complexity index is 901. The first-order valence-corrected chi connectivity index (χ1v) is 8.02. The fraction of sp³-hybridized carbons (Fsp3) is 0.0526. The first-order valence-electron chi connectivity index (χ1n) is 8.02. The van der Waals surface area contributed by atoms with E-state index in [4.69, 9.17) is 22.5 Å². The summed E-state index contributed by atoms with van der Waals surface area (Å²) < 4.78 is 0. The Morgan fingerprint density at radius 3 is 2.41 bits per heavy atom. The number of hydrazine groups is 1. The van der Waals surface area contributed by atoms with Crippen LogP contribution in [0.3, 0.4) is 0 Å². The molecule has 0 saturated heterocycles. The van der Waals surface area contributed by atoms with Gasteiger partial charge in [0.15, 0.2) is 5.84 Å². The van der Waals surface area contributed by atoms with Gasteiger partial charge in [-0.25, -0.2) is 10.8 Å². The van der Waals surface area contributed by atoms with E-state index in [1.54, 1.807) is 49.7 Å². The number of rotatable bonds is 7. The Morgan fingerprint density at radius 1 is 1.22 bits per heavy atom. The minimum Gasteiger partial charge on any atom is -0.409 e. The van der Waals surface area contributed by atoms with E-state index in [2.05, 4.69) is 28.6 Å². The summed E-state index contributed by atoms with van der Waals surface area (Å²) in [5.74, 6) is 6.78. The normalized spacial score (nSPS) is 11.8. The minimum absolute atomic E-state index is 0.0177. The van der Waals surface area contributed by atoms with Gasteiger partial charge in [-0.15, -0.1) is 0 Å². The predicted molar refractivity (Wildman–Crippen MR) is 112 cm³/mol. The van der Waals surface area contributed by atoms with Crippen LogP contribution in [-0.2, 0) is 0 Å². The molecule has 1 heterocycles. The number of hydrogen-bond donors (Lipinski definition) is 5. The van der Waals surface area contributed by atoms with Crippen LogP contribution in [0.2, 0.25) is 0 Å². The molecule has 0 fully saturated rings. The number of benzene rings is 1. The number of aromatic nitrogens is 1. The van der Waals surface area contributed by atoms with Crippen molar-refractivity contribution in [1.82, 2.24) is 4.98 Å². The number of nitrogens with two attached hydrogens (primary N) is 3. The van der Waals surface area contributed by atoms with Crippen LogP contribution in [0.1, 0.15) is 22.4 Å². The van der Waals surface area contributed by atoms with Crippen molar-refractivity contribution in [3.63, 3.8) is 0 Å². The van der Waals surface area contributed by atoms with Gasteiger partial charge in [0.25, 0.3) is 0 Å². The van der Waals surface area contributed by atoms with E-state index in [1.165, 1.54) is 5.01 Å². The quantitative estimate of drug-likeness (QED) is 0.166. The van der Waals surface area contributed by atoms with Crippen molar-refractivity contribution in [3.8, 4) is 0 Å². The highest BCUT2D eigenvalue weighted by molar-refractivity contribution is 5.97. The molecule has 0 aliphatic heterocycles. The van der Waals surface area contributed by atoms with E-state index >= 15 is 0 Å². The summed E-state index contributed by atoms with van der Waals surface area (Å²) in [5, 5.41) is 16.1. The highest BCUT2D eigenvalue weighted by atomic mass is 16.4. The predicted octanol–water partition coefficient (Wildman–Crippen LogP) is 2.14. The van der Waals surface area contributed by atoms with Gasteiger partial charge in [-0.3, -0.25) is 5.01 Å². The first kappa shape index (κ1) is 19.5. The van der Waals surface area contributed by atoms with Crippen LogP contribution in [0.25, 0.3) is 17.8 Å². The third kappa shape index (κ3) is 4.25. The lowest BCUT2D eigenvalue weighted by atomic mass is 10.0. The number of amidine groups is 1. The van der Waals surface area contributed by atoms with E-state index < -0.39 is 0 Å². The zero-order chi connectivity index (χ0) is 20.0. The monoisotopic (exact) mass is 365 g/mol. The second-order valence-corrected chi connectivity index (χ2v) is 5.54. The van der Waals surface area contributed by atoms with Crippen molar-refractivity contribution in [1.29, 1.82) is 0 Å². The molecule has 0 saturated carbocycles. The molecule has 0 amide bonds. The molecule has 27 heavy (non-hydrogen) atoms. The van der Waals surface area contributed by atoms with Crippen LogP contribution in [-0.4, -0.2) is 23.1 Å². The van der Waals surface area contributed by atoms with E-state index in [9.17, 15) is 0 Å². The summed E-state index contributed by atoms with van der Waals surface area (Å²) >= 11 is 0. The molecule has 8 nitrogen and oxygen atoms in total. The lowest BCUT2D eigenvalue weighted by Gasteiger charge is -2.17. The van der Waals surface area contributed by atoms with Crippen LogP contribution < -0.4 is 27.6 Å². The highest BCUT2D eigenvalue weighted by Crippen LogP contribution is 2.25. The Labute approximate surface area is 158 Å². The second kappa shape index (κ2) is 8.54. The van der Waals surface area contributed by atoms with Crippen molar-refractivity contribution >= 4 is 35.2 Å². The van der Waals surface area contributed by atoms with Gasteiger partial charge in [0, 0.05) is 29.9 Å². The number of nitrogens with one attached hydrogen (secondary N) is 1. The van der Waals surface area contributed by atoms with E-state index in [0.717, 1.165) is 11.1 Å². The number of nitrogens with zero attached hydrogens (tertiary/aromatic N) is 3. The van der Waals surface area contributed by atoms with Crippen LogP contribution in [0.4, 0.5) is 11.5 Å². The summed E-state index contributed by atoms with van der Waals surface area (Å²) in [6.07, 6.45) is 4.90. The molecule has 0 unspecified atom stereocenters. The molecule has 0 spiro atoms. The maximum Gasteiger partial charge on any atom is 0.170 e. The van der Waals surface area contributed by atoms with Gasteiger partial charge < -0.3 is 22.0 Å². The summed E-state index contributed by atoms with van der Waals surface area (Å²) in [7, 11) is 1.77. The summed E-state index contributed by atoms with van der Waals surface area (Å²) in [5.41, 5.74) is 15.7. The number of oxime groups is 1. The Morgan fingerprint density at radius 2 is 1.89 bits per heavy atom. The van der Waals surface area contributed by atoms with Crippen molar-refractivity contribution < 1.29 is 5.21 Å². The van der Waals surface area contributed by atoms with Crippen molar-refractivity contribution in [3.05, 3.63) is 72.1 Å². The Hall–Kier alpha value is -3.78. The van der Waals surface area contributed by atoms with Crippen molar-refractivity contribution in [2.75, 3.05) is 17.4 Å². The summed E-state index contributed by atoms with van der Waals surface area (Å²) in [6.45, 7) is 7.61. The molecule has 1 aromatic carbocycles. The largest absolute Gasteiger partial charge is 0.409 e. The lowest BCUT2D eigenvalue weighted by molar-refractivity contribution is 0.318. The highest BCUT2D eigenvalue weighted by Gasteiger charge is 2.11. The molecule has 0 radical (unpaired) electrons. The third-order valence-corrected chi connectivity index (χ3v) is 3.90. The topological polar surface area (TPSA) is 139 Å². The Balaban J connectivity index is 2.41. The van der Waals surface area contributed by atoms with Crippen molar-refractivity contribution in [2.45, 2.75) is 0 Å². The molecule has 1 aromatic heterocycles. The average Bonchev–Trinajstić information content (AvgIpc) is 2.71. The fourth-order valence-electron chi connectivity index (χ4n) is 2.47. The van der Waals surface area contributed by atoms with Gasteiger partial charge in [-0.1, -0.05) is 24.4 Å². The molecule has 0 aliphatic rings. The average molecular weight is 365 g/mol. The van der Waals surface area contributed by atoms with Crippen LogP contribution in [0.15, 0.2) is 54.8 Å². The van der Waals surface area contributed by atoms with Gasteiger partial charge in [-0.05, 0) is 36.4 Å². The summed E-state index contributed by atoms with van der Waals surface area (Å²) in [6, 6.07) is 8.64. The molecule has 8 N–H and O–H groups in total. The van der Waals surface area contributed by atoms with Gasteiger partial charge in [-0.2, -0.15) is 0 Å². The van der Waals surface area contributed by atoms with Gasteiger partial charge >= 0.3 is 0 Å². The van der Waals surface area contributed by atoms with E-state index in [-0.39, 0.29) is 5.84 Å². The number of hydrogen-bond acceptors (Lipinski definition) is 7. The van der Waals surface area contributed by atoms with Crippen LogP contribution in [0.5, 0.6) is 0 Å². The standard InChI is InChI=1S/C19H23N7O/c1-4-14-15(10-18(23-3)24-17(14)5-2)16(20)11-26(22)13-8-6-12(7-9-13)19(21)25-27/h4-11,27H,1-2,20,22H2,3H3,(H2,21,25)(H,23,24)/b16-11-. The summed E-state index contributed by atoms with van der Waals surface area (Å²) in [4.78, 5) is 4.42. The first-order chi connectivity index (χ1) is 12.9. The maximum absolute atomic E-state index is 8.72. The van der Waals surface area contributed by atoms with Crippen LogP contribution >= 0.6 is 0 Å². The molecular formula is C19H23N7O. The molecule has 2 rings (SSSR count). The number of pyridine rings is 1. The van der Waals surface area contributed by atoms with Crippen molar-refractivity contribution in [2.24, 2.45) is 22.5 Å². The lowest BCUT2D eigenvalue weighted by Crippen LogP contribution is -2.26. The molecular weight excluding hydrogens is 342 g/mol. The molecule has 140 valence electrons. The molecule has 2 aromatic rings. The van der Waals surface area contributed by atoms with E-state index in [1.807, 2.05) is 6.07 Å². The SMILES string of the molecule is C=Cc1nc(NC)cc(/C(N)=C/N(N)c2ccc(/C(N)=N/O)cc2)c1C=C. The zero-order valence-corrected chi connectivity index (χ0v) is 15.1. The van der Waals surface area contributed by atoms with Gasteiger partial charge in [0.1, 0.15) is 5.82 Å². The smallest absolute Gasteiger partial charge is 0.170 e.